The van der Waals surface area contributed by atoms with E-state index in [2.05, 4.69) is 19.2 Å². The molecule has 4 heteroatoms. The molecule has 0 radical (unpaired) electrons. The summed E-state index contributed by atoms with van der Waals surface area (Å²) in [7, 11) is 1.95. The molecular formula is C16H27N3O. The molecule has 0 spiro atoms. The Bertz CT molecular complexity index is 392. The van der Waals surface area contributed by atoms with Crippen LogP contribution < -0.4 is 11.1 Å². The Kier molecular flexibility index (Phi) is 7.26. The predicted molar refractivity (Wildman–Crippen MR) is 83.2 cm³/mol. The molecular weight excluding hydrogens is 250 g/mol. The van der Waals surface area contributed by atoms with E-state index < -0.39 is 0 Å². The molecule has 0 fully saturated rings. The summed E-state index contributed by atoms with van der Waals surface area (Å²) in [5.74, 6) is 0.532. The molecule has 0 saturated carbocycles. The maximum atomic E-state index is 11.8. The van der Waals surface area contributed by atoms with Gasteiger partial charge in [0.05, 0.1) is 6.54 Å². The molecule has 1 amide bonds. The normalized spacial score (nSPS) is 12.7. The summed E-state index contributed by atoms with van der Waals surface area (Å²) in [6.45, 7) is 6.09. The number of benzene rings is 1. The lowest BCUT2D eigenvalue weighted by molar-refractivity contribution is -0.122. The summed E-state index contributed by atoms with van der Waals surface area (Å²) in [5, 5.41) is 2.93. The minimum Gasteiger partial charge on any atom is -0.351 e. The number of likely N-dealkylation sites (N-methyl/N-ethyl adjacent to an activating group) is 1. The number of nitrogens with zero attached hydrogens (tertiary/aromatic N) is 1. The molecule has 0 aliphatic rings. The first-order valence-electron chi connectivity index (χ1n) is 7.23. The van der Waals surface area contributed by atoms with E-state index in [4.69, 9.17) is 5.73 Å². The summed E-state index contributed by atoms with van der Waals surface area (Å²) in [4.78, 5) is 13.8. The summed E-state index contributed by atoms with van der Waals surface area (Å²) in [6.07, 6.45) is 0.917. The van der Waals surface area contributed by atoms with Crippen molar-refractivity contribution < 1.29 is 4.79 Å². The van der Waals surface area contributed by atoms with E-state index in [1.807, 2.05) is 42.3 Å². The van der Waals surface area contributed by atoms with Gasteiger partial charge in [0.25, 0.3) is 0 Å². The molecule has 0 aliphatic heterocycles. The van der Waals surface area contributed by atoms with Crippen molar-refractivity contribution in [2.45, 2.75) is 32.9 Å². The Morgan fingerprint density at radius 2 is 1.95 bits per heavy atom. The van der Waals surface area contributed by atoms with Crippen molar-refractivity contribution in [1.29, 1.82) is 0 Å². The monoisotopic (exact) mass is 277 g/mol. The van der Waals surface area contributed by atoms with Crippen LogP contribution >= 0.6 is 0 Å². The molecule has 0 aromatic heterocycles. The Hall–Kier alpha value is -1.39. The fraction of sp³-hybridized carbons (Fsp3) is 0.562. The van der Waals surface area contributed by atoms with E-state index in [1.54, 1.807) is 0 Å². The van der Waals surface area contributed by atoms with Crippen molar-refractivity contribution in [3.8, 4) is 0 Å². The molecule has 1 atom stereocenters. The van der Waals surface area contributed by atoms with Crippen LogP contribution in [0.4, 0.5) is 0 Å². The van der Waals surface area contributed by atoms with Gasteiger partial charge in [-0.1, -0.05) is 44.2 Å². The van der Waals surface area contributed by atoms with Gasteiger partial charge in [-0.25, -0.2) is 0 Å². The minimum atomic E-state index is 0.0504. The topological polar surface area (TPSA) is 58.4 Å². The number of nitrogens with two attached hydrogens (primary N) is 1. The zero-order valence-corrected chi connectivity index (χ0v) is 12.8. The maximum Gasteiger partial charge on any atom is 0.234 e. The molecule has 4 nitrogen and oxygen atoms in total. The van der Waals surface area contributed by atoms with Gasteiger partial charge in [-0.2, -0.15) is 0 Å². The first-order chi connectivity index (χ1) is 9.49. The van der Waals surface area contributed by atoms with Crippen molar-refractivity contribution in [2.24, 2.45) is 11.7 Å². The first kappa shape index (κ1) is 16.7. The molecule has 1 aromatic rings. The van der Waals surface area contributed by atoms with Crippen LogP contribution in [0.5, 0.6) is 0 Å². The van der Waals surface area contributed by atoms with Gasteiger partial charge in [-0.3, -0.25) is 9.69 Å². The smallest absolute Gasteiger partial charge is 0.234 e. The summed E-state index contributed by atoms with van der Waals surface area (Å²) < 4.78 is 0. The van der Waals surface area contributed by atoms with Gasteiger partial charge in [0.2, 0.25) is 5.91 Å². The largest absolute Gasteiger partial charge is 0.351 e. The second-order valence-corrected chi connectivity index (χ2v) is 5.70. The second kappa shape index (κ2) is 8.72. The number of carbonyl (C=O) groups is 1. The standard InChI is InChI=1S/C16H27N3O/c1-13(2)15(17)9-10-19(3)12-16(20)18-11-14-7-5-4-6-8-14/h4-8,13,15H,9-12,17H2,1-3H3,(H,18,20). The lowest BCUT2D eigenvalue weighted by Gasteiger charge is -2.20. The highest BCUT2D eigenvalue weighted by Crippen LogP contribution is 2.03. The van der Waals surface area contributed by atoms with E-state index in [0.717, 1.165) is 18.5 Å². The van der Waals surface area contributed by atoms with Gasteiger partial charge in [0.15, 0.2) is 0 Å². The van der Waals surface area contributed by atoms with Gasteiger partial charge in [-0.15, -0.1) is 0 Å². The number of hydrogen-bond donors (Lipinski definition) is 2. The van der Waals surface area contributed by atoms with Gasteiger partial charge < -0.3 is 11.1 Å². The fourth-order valence-corrected chi connectivity index (χ4v) is 1.88. The third-order valence-corrected chi connectivity index (χ3v) is 3.45. The molecule has 1 unspecified atom stereocenters. The van der Waals surface area contributed by atoms with Gasteiger partial charge in [-0.05, 0) is 31.5 Å². The van der Waals surface area contributed by atoms with Crippen molar-refractivity contribution in [3.05, 3.63) is 35.9 Å². The highest BCUT2D eigenvalue weighted by Gasteiger charge is 2.11. The molecule has 112 valence electrons. The molecule has 3 N–H and O–H groups in total. The quantitative estimate of drug-likeness (QED) is 0.759. The summed E-state index contributed by atoms with van der Waals surface area (Å²) in [5.41, 5.74) is 7.12. The van der Waals surface area contributed by atoms with E-state index in [-0.39, 0.29) is 11.9 Å². The van der Waals surface area contributed by atoms with Crippen molar-refractivity contribution in [2.75, 3.05) is 20.1 Å². The highest BCUT2D eigenvalue weighted by molar-refractivity contribution is 5.77. The Morgan fingerprint density at radius 1 is 1.30 bits per heavy atom. The zero-order valence-electron chi connectivity index (χ0n) is 12.8. The van der Waals surface area contributed by atoms with Gasteiger partial charge >= 0.3 is 0 Å². The number of hydrogen-bond acceptors (Lipinski definition) is 3. The van der Waals surface area contributed by atoms with Crippen LogP contribution in [0.2, 0.25) is 0 Å². The molecule has 1 rings (SSSR count). The van der Waals surface area contributed by atoms with Gasteiger partial charge in [0, 0.05) is 12.6 Å². The van der Waals surface area contributed by atoms with Crippen LogP contribution in [-0.2, 0) is 11.3 Å². The van der Waals surface area contributed by atoms with E-state index in [0.29, 0.717) is 19.0 Å². The van der Waals surface area contributed by atoms with Crippen molar-refractivity contribution in [1.82, 2.24) is 10.2 Å². The van der Waals surface area contributed by atoms with E-state index in [9.17, 15) is 4.79 Å². The maximum absolute atomic E-state index is 11.8. The van der Waals surface area contributed by atoms with Gasteiger partial charge in [0.1, 0.15) is 0 Å². The highest BCUT2D eigenvalue weighted by atomic mass is 16.2. The molecule has 0 saturated heterocycles. The third-order valence-electron chi connectivity index (χ3n) is 3.45. The van der Waals surface area contributed by atoms with Crippen LogP contribution in [0.15, 0.2) is 30.3 Å². The molecule has 20 heavy (non-hydrogen) atoms. The third kappa shape index (κ3) is 6.68. The minimum absolute atomic E-state index is 0.0504. The Balaban J connectivity index is 2.21. The lowest BCUT2D eigenvalue weighted by Crippen LogP contribution is -2.37. The molecule has 0 heterocycles. The molecule has 0 aliphatic carbocycles. The Labute approximate surface area is 122 Å². The SMILES string of the molecule is CC(C)C(N)CCN(C)CC(=O)NCc1ccccc1. The molecule has 1 aromatic carbocycles. The lowest BCUT2D eigenvalue weighted by atomic mass is 10.0. The van der Waals surface area contributed by atoms with Crippen molar-refractivity contribution in [3.63, 3.8) is 0 Å². The van der Waals surface area contributed by atoms with Crippen molar-refractivity contribution >= 4 is 5.91 Å². The van der Waals surface area contributed by atoms with Crippen LogP contribution in [0.1, 0.15) is 25.8 Å². The summed E-state index contributed by atoms with van der Waals surface area (Å²) >= 11 is 0. The van der Waals surface area contributed by atoms with Crippen LogP contribution in [0.25, 0.3) is 0 Å². The summed E-state index contributed by atoms with van der Waals surface area (Å²) in [6, 6.07) is 10.1. The number of amides is 1. The van der Waals surface area contributed by atoms with E-state index >= 15 is 0 Å². The Morgan fingerprint density at radius 3 is 2.55 bits per heavy atom. The number of nitrogens with one attached hydrogen (secondary N) is 1. The first-order valence-corrected chi connectivity index (χ1v) is 7.23. The predicted octanol–water partition coefficient (Wildman–Crippen LogP) is 1.61. The van der Waals surface area contributed by atoms with Crippen LogP contribution in [-0.4, -0.2) is 37.0 Å². The van der Waals surface area contributed by atoms with Crippen LogP contribution in [0.3, 0.4) is 0 Å². The molecule has 0 bridgehead atoms. The van der Waals surface area contributed by atoms with E-state index in [1.165, 1.54) is 0 Å². The number of rotatable bonds is 8. The number of carbonyl (C=O) groups excluding carboxylic acids is 1. The fourth-order valence-electron chi connectivity index (χ4n) is 1.88. The average molecular weight is 277 g/mol. The average Bonchev–Trinajstić information content (AvgIpc) is 2.43. The second-order valence-electron chi connectivity index (χ2n) is 5.70. The van der Waals surface area contributed by atoms with Crippen LogP contribution in [0, 0.1) is 5.92 Å². The zero-order chi connectivity index (χ0) is 15.0.